The smallest absolute Gasteiger partial charge is 0.171 e. The van der Waals surface area contributed by atoms with E-state index in [9.17, 15) is 4.39 Å². The van der Waals surface area contributed by atoms with Gasteiger partial charge in [0.15, 0.2) is 16.5 Å². The van der Waals surface area contributed by atoms with E-state index in [4.69, 9.17) is 15.6 Å². The van der Waals surface area contributed by atoms with Crippen LogP contribution in [0.1, 0.15) is 0 Å². The van der Waals surface area contributed by atoms with Crippen LogP contribution in [0.3, 0.4) is 0 Å². The van der Waals surface area contributed by atoms with Crippen LogP contribution in [-0.4, -0.2) is 43.8 Å². The maximum Gasteiger partial charge on any atom is 0.171 e. The van der Waals surface area contributed by atoms with Gasteiger partial charge in [-0.1, -0.05) is 11.8 Å². The van der Waals surface area contributed by atoms with Crippen LogP contribution in [0.2, 0.25) is 0 Å². The molecule has 8 nitrogen and oxygen atoms in total. The normalized spacial score (nSPS) is 13.8. The number of hydrogen-bond acceptors (Lipinski definition) is 7. The Bertz CT molecular complexity index is 1390. The van der Waals surface area contributed by atoms with Gasteiger partial charge in [0.25, 0.3) is 0 Å². The molecule has 3 N–H and O–H groups in total. The van der Waals surface area contributed by atoms with Crippen molar-refractivity contribution in [2.45, 2.75) is 10.9 Å². The Morgan fingerprint density at radius 1 is 1.19 bits per heavy atom. The van der Waals surface area contributed by atoms with Gasteiger partial charge in [0.2, 0.25) is 0 Å². The number of thioether (sulfide) groups is 1. The molecule has 4 heterocycles. The van der Waals surface area contributed by atoms with Crippen LogP contribution in [-0.2, 0) is 11.8 Å². The number of nitrogens with zero attached hydrogens (tertiary/aromatic N) is 4. The largest absolute Gasteiger partial charge is 0.377 e. The summed E-state index contributed by atoms with van der Waals surface area (Å²) in [6.45, 7) is 1.37. The van der Waals surface area contributed by atoms with Crippen LogP contribution in [0.25, 0.3) is 22.0 Å². The van der Waals surface area contributed by atoms with Gasteiger partial charge in [-0.25, -0.2) is 4.39 Å². The van der Waals surface area contributed by atoms with E-state index in [0.717, 1.165) is 33.2 Å². The summed E-state index contributed by atoms with van der Waals surface area (Å²) >= 11 is 1.15. The highest BCUT2D eigenvalue weighted by molar-refractivity contribution is 8.13. The van der Waals surface area contributed by atoms with E-state index in [1.165, 1.54) is 10.6 Å². The Morgan fingerprint density at radius 3 is 2.75 bits per heavy atom. The van der Waals surface area contributed by atoms with Gasteiger partial charge in [0, 0.05) is 40.8 Å². The average Bonchev–Trinajstić information content (AvgIpc) is 3.18. The second-order valence-corrected chi connectivity index (χ2v) is 8.62. The minimum absolute atomic E-state index is 0.0212. The minimum atomic E-state index is -0.699. The van der Waals surface area contributed by atoms with E-state index in [2.05, 4.69) is 15.4 Å². The van der Waals surface area contributed by atoms with Crippen LogP contribution in [0, 0.1) is 16.6 Å². The first-order valence-electron chi connectivity index (χ1n) is 9.93. The predicted molar refractivity (Wildman–Crippen MR) is 121 cm³/mol. The molecular weight excluding hydrogens is 429 g/mol. The first kappa shape index (κ1) is 20.4. The molecule has 4 aromatic rings. The van der Waals surface area contributed by atoms with Gasteiger partial charge in [-0.05, 0) is 30.3 Å². The zero-order valence-corrected chi connectivity index (χ0v) is 18.0. The Balaban J connectivity index is 1.42. The summed E-state index contributed by atoms with van der Waals surface area (Å²) in [5.74, 6) is -0.699. The van der Waals surface area contributed by atoms with Crippen molar-refractivity contribution >= 4 is 33.5 Å². The van der Waals surface area contributed by atoms with Gasteiger partial charge in [-0.15, -0.1) is 0 Å². The SMILES string of the molecule is Cn1cc(-c2cc(F)c(=N)n(C(=N)Sc3ccc4ncc(NC5COC5)cc4c3)c2)cn1. The lowest BCUT2D eigenvalue weighted by Crippen LogP contribution is -2.40. The quantitative estimate of drug-likeness (QED) is 0.252. The van der Waals surface area contributed by atoms with Gasteiger partial charge < -0.3 is 10.1 Å². The molecule has 0 spiro atoms. The number of hydrogen-bond donors (Lipinski definition) is 3. The Morgan fingerprint density at radius 2 is 2.03 bits per heavy atom. The first-order chi connectivity index (χ1) is 15.5. The van der Waals surface area contributed by atoms with Crippen LogP contribution in [0.15, 0.2) is 60.0 Å². The number of aromatic nitrogens is 4. The van der Waals surface area contributed by atoms with Crippen LogP contribution in [0.5, 0.6) is 0 Å². The van der Waals surface area contributed by atoms with Crippen molar-refractivity contribution in [2.75, 3.05) is 18.5 Å². The summed E-state index contributed by atoms with van der Waals surface area (Å²) in [6, 6.07) is 9.30. The van der Waals surface area contributed by atoms with E-state index in [0.29, 0.717) is 30.4 Å². The highest BCUT2D eigenvalue weighted by Crippen LogP contribution is 2.27. The zero-order chi connectivity index (χ0) is 22.2. The maximum atomic E-state index is 14.5. The molecule has 0 bridgehead atoms. The van der Waals surface area contributed by atoms with E-state index in [-0.39, 0.29) is 10.7 Å². The topological polar surface area (TPSA) is 105 Å². The van der Waals surface area contributed by atoms with Gasteiger partial charge in [0.1, 0.15) is 0 Å². The molecule has 5 rings (SSSR count). The van der Waals surface area contributed by atoms with E-state index >= 15 is 0 Å². The number of anilines is 1. The third-order valence-corrected chi connectivity index (χ3v) is 6.03. The molecule has 0 saturated carbocycles. The molecule has 0 amide bonds. The van der Waals surface area contributed by atoms with Crippen molar-refractivity contribution in [1.29, 1.82) is 10.8 Å². The lowest BCUT2D eigenvalue weighted by atomic mass is 10.1. The van der Waals surface area contributed by atoms with E-state index in [1.807, 2.05) is 24.3 Å². The number of ether oxygens (including phenoxy) is 1. The highest BCUT2D eigenvalue weighted by Gasteiger charge is 2.18. The van der Waals surface area contributed by atoms with Gasteiger partial charge >= 0.3 is 0 Å². The Kier molecular flexibility index (Phi) is 5.24. The highest BCUT2D eigenvalue weighted by atomic mass is 32.2. The van der Waals surface area contributed by atoms with Crippen molar-refractivity contribution in [3.05, 3.63) is 66.4 Å². The summed E-state index contributed by atoms with van der Waals surface area (Å²) in [5, 5.41) is 25.1. The summed E-state index contributed by atoms with van der Waals surface area (Å²) in [5.41, 5.74) is 2.65. The average molecular weight is 450 g/mol. The fourth-order valence-electron chi connectivity index (χ4n) is 3.42. The maximum absolute atomic E-state index is 14.5. The van der Waals surface area contributed by atoms with E-state index < -0.39 is 5.82 Å². The Labute approximate surface area is 187 Å². The summed E-state index contributed by atoms with van der Waals surface area (Å²) in [7, 11) is 1.78. The molecule has 0 unspecified atom stereocenters. The fraction of sp³-hybridized carbons (Fsp3) is 0.182. The van der Waals surface area contributed by atoms with Gasteiger partial charge in [0.05, 0.1) is 42.9 Å². The standard InChI is InChI=1S/C22H20FN7OS/c1-29-9-15(7-27-29)14-6-19(23)21(24)30(10-14)22(25)32-18-2-3-20-13(5-18)4-16(8-26-20)28-17-11-31-12-17/h2-10,17,24-25,28H,11-12H2,1H3. The zero-order valence-electron chi connectivity index (χ0n) is 17.2. The molecular formula is C22H20FN7OS. The molecule has 0 aliphatic carbocycles. The lowest BCUT2D eigenvalue weighted by molar-refractivity contribution is 0.0211. The minimum Gasteiger partial charge on any atom is -0.377 e. The number of rotatable bonds is 4. The van der Waals surface area contributed by atoms with Crippen LogP contribution in [0.4, 0.5) is 10.1 Å². The number of aryl methyl sites for hydroxylation is 1. The fourth-order valence-corrected chi connectivity index (χ4v) is 4.20. The molecule has 1 aromatic carbocycles. The number of fused-ring (bicyclic) bond motifs is 1. The number of pyridine rings is 2. The molecule has 1 aliphatic heterocycles. The second-order valence-electron chi connectivity index (χ2n) is 7.56. The second kappa shape index (κ2) is 8.21. The Hall–Kier alpha value is -3.50. The third kappa shape index (κ3) is 4.02. The van der Waals surface area contributed by atoms with Crippen molar-refractivity contribution in [3.63, 3.8) is 0 Å². The number of benzene rings is 1. The van der Waals surface area contributed by atoms with Crippen LogP contribution >= 0.6 is 11.8 Å². The lowest BCUT2D eigenvalue weighted by Gasteiger charge is -2.27. The van der Waals surface area contributed by atoms with Gasteiger partial charge in [-0.2, -0.15) is 5.10 Å². The van der Waals surface area contributed by atoms with Crippen LogP contribution < -0.4 is 10.8 Å². The molecule has 1 saturated heterocycles. The monoisotopic (exact) mass is 449 g/mol. The predicted octanol–water partition coefficient (Wildman–Crippen LogP) is 3.44. The summed E-state index contributed by atoms with van der Waals surface area (Å²) in [4.78, 5) is 5.28. The van der Waals surface area contributed by atoms with Crippen molar-refractivity contribution in [3.8, 4) is 11.1 Å². The molecule has 0 atom stereocenters. The molecule has 1 aliphatic rings. The first-order valence-corrected chi connectivity index (χ1v) is 10.7. The van der Waals surface area contributed by atoms with Crippen molar-refractivity contribution in [1.82, 2.24) is 19.3 Å². The summed E-state index contributed by atoms with van der Waals surface area (Å²) < 4.78 is 22.5. The third-order valence-electron chi connectivity index (χ3n) is 5.15. The van der Waals surface area contributed by atoms with Crippen molar-refractivity contribution in [2.24, 2.45) is 7.05 Å². The summed E-state index contributed by atoms with van der Waals surface area (Å²) in [6.07, 6.45) is 6.77. The molecule has 0 radical (unpaired) electrons. The van der Waals surface area contributed by atoms with Crippen molar-refractivity contribution < 1.29 is 9.13 Å². The molecule has 32 heavy (non-hydrogen) atoms. The molecule has 1 fully saturated rings. The molecule has 10 heteroatoms. The van der Waals surface area contributed by atoms with Gasteiger partial charge in [-0.3, -0.25) is 25.1 Å². The van der Waals surface area contributed by atoms with E-state index in [1.54, 1.807) is 36.5 Å². The molecule has 3 aromatic heterocycles. The number of nitrogens with one attached hydrogen (secondary N) is 3. The molecule has 162 valence electrons. The number of halogens is 1.